The average molecular weight is 204 g/mol. The summed E-state index contributed by atoms with van der Waals surface area (Å²) in [6.07, 6.45) is 1.60. The van der Waals surface area contributed by atoms with Crippen LogP contribution in [0.15, 0.2) is 18.3 Å². The maximum absolute atomic E-state index is 10.6. The van der Waals surface area contributed by atoms with E-state index >= 15 is 0 Å². The monoisotopic (exact) mass is 204 g/mol. The van der Waals surface area contributed by atoms with Crippen molar-refractivity contribution in [2.45, 2.75) is 6.92 Å². The lowest BCUT2D eigenvalue weighted by Crippen LogP contribution is -1.95. The lowest BCUT2D eigenvalue weighted by Gasteiger charge is -1.94. The Hall–Kier alpha value is -2.24. The Labute approximate surface area is 85.0 Å². The fraction of sp³-hybridized carbons (Fsp3) is 0.111. The summed E-state index contributed by atoms with van der Waals surface area (Å²) in [5, 5.41) is 15.0. The van der Waals surface area contributed by atoms with Crippen molar-refractivity contribution in [2.75, 3.05) is 0 Å². The molecular formula is C9H8N4O2. The van der Waals surface area contributed by atoms with E-state index in [4.69, 9.17) is 5.11 Å². The third kappa shape index (κ3) is 1.83. The molecule has 0 aliphatic rings. The number of nitrogens with zero attached hydrogens (tertiary/aromatic N) is 3. The van der Waals surface area contributed by atoms with E-state index in [0.717, 1.165) is 0 Å². The van der Waals surface area contributed by atoms with Gasteiger partial charge in [0.2, 0.25) is 0 Å². The van der Waals surface area contributed by atoms with Gasteiger partial charge in [-0.3, -0.25) is 5.10 Å². The molecule has 0 radical (unpaired) electrons. The molecule has 2 heterocycles. The van der Waals surface area contributed by atoms with Crippen molar-refractivity contribution in [3.8, 4) is 11.4 Å². The number of carboxylic acid groups (broad SMARTS) is 1. The van der Waals surface area contributed by atoms with Crippen LogP contribution in [0.5, 0.6) is 0 Å². The molecule has 0 amide bonds. The van der Waals surface area contributed by atoms with Gasteiger partial charge in [-0.1, -0.05) is 0 Å². The summed E-state index contributed by atoms with van der Waals surface area (Å²) < 4.78 is 0. The van der Waals surface area contributed by atoms with E-state index in [0.29, 0.717) is 17.2 Å². The summed E-state index contributed by atoms with van der Waals surface area (Å²) in [4.78, 5) is 18.7. The lowest BCUT2D eigenvalue weighted by molar-refractivity contribution is 0.0690. The van der Waals surface area contributed by atoms with E-state index in [1.165, 1.54) is 6.07 Å². The summed E-state index contributed by atoms with van der Waals surface area (Å²) in [7, 11) is 0. The summed E-state index contributed by atoms with van der Waals surface area (Å²) in [6.45, 7) is 1.76. The van der Waals surface area contributed by atoms with E-state index < -0.39 is 5.97 Å². The van der Waals surface area contributed by atoms with Gasteiger partial charge < -0.3 is 5.11 Å². The van der Waals surface area contributed by atoms with Crippen LogP contribution < -0.4 is 0 Å². The van der Waals surface area contributed by atoms with Crippen LogP contribution >= 0.6 is 0 Å². The van der Waals surface area contributed by atoms with Gasteiger partial charge in [0.25, 0.3) is 0 Å². The molecule has 0 atom stereocenters. The Morgan fingerprint density at radius 1 is 1.47 bits per heavy atom. The molecule has 0 fully saturated rings. The topological polar surface area (TPSA) is 91.8 Å². The molecular weight excluding hydrogens is 196 g/mol. The number of hydrogen-bond donors (Lipinski definition) is 2. The Morgan fingerprint density at radius 2 is 2.27 bits per heavy atom. The summed E-state index contributed by atoms with van der Waals surface area (Å²) in [5.41, 5.74) is 1.14. The molecule has 0 saturated carbocycles. The first-order valence-corrected chi connectivity index (χ1v) is 4.25. The summed E-state index contributed by atoms with van der Waals surface area (Å²) in [6, 6.07) is 3.11. The first-order valence-electron chi connectivity index (χ1n) is 4.25. The minimum Gasteiger partial charge on any atom is -0.477 e. The molecule has 6 nitrogen and oxygen atoms in total. The molecule has 76 valence electrons. The number of aryl methyl sites for hydroxylation is 1. The van der Waals surface area contributed by atoms with E-state index in [9.17, 15) is 4.79 Å². The van der Waals surface area contributed by atoms with E-state index in [1.807, 2.05) is 0 Å². The first kappa shape index (κ1) is 9.32. The van der Waals surface area contributed by atoms with Crippen molar-refractivity contribution >= 4 is 5.97 Å². The SMILES string of the molecule is Cc1nccc(-c2cc(C(=O)O)[nH]n2)n1. The van der Waals surface area contributed by atoms with Crippen molar-refractivity contribution in [1.29, 1.82) is 0 Å². The highest BCUT2D eigenvalue weighted by atomic mass is 16.4. The molecule has 2 N–H and O–H groups in total. The zero-order valence-corrected chi connectivity index (χ0v) is 7.93. The maximum atomic E-state index is 10.6. The molecule has 0 spiro atoms. The number of nitrogens with one attached hydrogen (secondary N) is 1. The number of rotatable bonds is 2. The summed E-state index contributed by atoms with van der Waals surface area (Å²) in [5.74, 6) is -0.424. The quantitative estimate of drug-likeness (QED) is 0.757. The Kier molecular flexibility index (Phi) is 2.17. The molecule has 0 aliphatic heterocycles. The predicted molar refractivity (Wildman–Crippen MR) is 51.3 cm³/mol. The van der Waals surface area contributed by atoms with E-state index in [-0.39, 0.29) is 5.69 Å². The molecule has 0 aliphatic carbocycles. The molecule has 2 aromatic heterocycles. The lowest BCUT2D eigenvalue weighted by atomic mass is 10.3. The highest BCUT2D eigenvalue weighted by Gasteiger charge is 2.09. The Morgan fingerprint density at radius 3 is 2.87 bits per heavy atom. The zero-order valence-electron chi connectivity index (χ0n) is 7.93. The van der Waals surface area contributed by atoms with E-state index in [2.05, 4.69) is 20.2 Å². The van der Waals surface area contributed by atoms with Gasteiger partial charge in [0.05, 0.1) is 5.69 Å². The second-order valence-corrected chi connectivity index (χ2v) is 2.96. The van der Waals surface area contributed by atoms with Crippen molar-refractivity contribution < 1.29 is 9.90 Å². The number of aromatic amines is 1. The number of carboxylic acids is 1. The summed E-state index contributed by atoms with van der Waals surface area (Å²) >= 11 is 0. The van der Waals surface area contributed by atoms with Gasteiger partial charge in [-0.05, 0) is 13.0 Å². The van der Waals surface area contributed by atoms with Gasteiger partial charge in [-0.2, -0.15) is 5.10 Å². The maximum Gasteiger partial charge on any atom is 0.353 e. The smallest absolute Gasteiger partial charge is 0.353 e. The first-order chi connectivity index (χ1) is 7.16. The third-order valence-electron chi connectivity index (χ3n) is 1.85. The molecule has 0 aromatic carbocycles. The highest BCUT2D eigenvalue weighted by molar-refractivity contribution is 5.86. The van der Waals surface area contributed by atoms with Gasteiger partial charge in [-0.25, -0.2) is 14.8 Å². The third-order valence-corrected chi connectivity index (χ3v) is 1.85. The van der Waals surface area contributed by atoms with Crippen LogP contribution in [-0.2, 0) is 0 Å². The number of H-pyrrole nitrogens is 1. The average Bonchev–Trinajstić information content (AvgIpc) is 2.66. The zero-order chi connectivity index (χ0) is 10.8. The number of aromatic nitrogens is 4. The second-order valence-electron chi connectivity index (χ2n) is 2.96. The molecule has 15 heavy (non-hydrogen) atoms. The normalized spacial score (nSPS) is 10.2. The molecule has 0 unspecified atom stereocenters. The Balaban J connectivity index is 2.41. The minimum atomic E-state index is -1.04. The van der Waals surface area contributed by atoms with Crippen molar-refractivity contribution in [3.63, 3.8) is 0 Å². The molecule has 6 heteroatoms. The fourth-order valence-electron chi connectivity index (χ4n) is 1.16. The standard InChI is InChI=1S/C9H8N4O2/c1-5-10-3-2-6(11-5)7-4-8(9(14)15)13-12-7/h2-4H,1H3,(H,12,13)(H,14,15). The number of carbonyl (C=O) groups is 1. The number of hydrogen-bond acceptors (Lipinski definition) is 4. The van der Waals surface area contributed by atoms with Crippen LogP contribution in [0.25, 0.3) is 11.4 Å². The minimum absolute atomic E-state index is 0.0428. The van der Waals surface area contributed by atoms with Gasteiger partial charge in [-0.15, -0.1) is 0 Å². The van der Waals surface area contributed by atoms with Crippen LogP contribution in [-0.4, -0.2) is 31.2 Å². The molecule has 2 aromatic rings. The molecule has 0 saturated heterocycles. The van der Waals surface area contributed by atoms with Crippen molar-refractivity contribution in [1.82, 2.24) is 20.2 Å². The van der Waals surface area contributed by atoms with Gasteiger partial charge in [0.1, 0.15) is 17.2 Å². The van der Waals surface area contributed by atoms with Crippen LogP contribution in [0.3, 0.4) is 0 Å². The van der Waals surface area contributed by atoms with E-state index in [1.54, 1.807) is 19.2 Å². The van der Waals surface area contributed by atoms with Crippen LogP contribution in [0.1, 0.15) is 16.3 Å². The van der Waals surface area contributed by atoms with Crippen LogP contribution in [0, 0.1) is 6.92 Å². The number of aromatic carboxylic acids is 1. The van der Waals surface area contributed by atoms with Crippen molar-refractivity contribution in [3.05, 3.63) is 29.8 Å². The fourth-order valence-corrected chi connectivity index (χ4v) is 1.16. The van der Waals surface area contributed by atoms with Crippen LogP contribution in [0.4, 0.5) is 0 Å². The Bertz CT molecular complexity index is 506. The van der Waals surface area contributed by atoms with Crippen LogP contribution in [0.2, 0.25) is 0 Å². The molecule has 2 rings (SSSR count). The largest absolute Gasteiger partial charge is 0.477 e. The second kappa shape index (κ2) is 3.49. The molecule has 0 bridgehead atoms. The highest BCUT2D eigenvalue weighted by Crippen LogP contribution is 2.14. The van der Waals surface area contributed by atoms with Gasteiger partial charge in [0, 0.05) is 12.3 Å². The van der Waals surface area contributed by atoms with Gasteiger partial charge in [0.15, 0.2) is 0 Å². The van der Waals surface area contributed by atoms with Crippen molar-refractivity contribution in [2.24, 2.45) is 0 Å². The predicted octanol–water partition coefficient (Wildman–Crippen LogP) is 0.873. The van der Waals surface area contributed by atoms with Gasteiger partial charge >= 0.3 is 5.97 Å².